The molecule has 3 rings (SSSR count). The lowest BCUT2D eigenvalue weighted by Gasteiger charge is -2.08. The van der Waals surface area contributed by atoms with E-state index in [1.54, 1.807) is 12.3 Å². The first-order valence-electron chi connectivity index (χ1n) is 8.40. The Morgan fingerprint density at radius 1 is 1.08 bits per heavy atom. The van der Waals surface area contributed by atoms with Crippen molar-refractivity contribution in [2.75, 3.05) is 13.2 Å². The molecule has 0 bridgehead atoms. The average Bonchev–Trinajstić information content (AvgIpc) is 3.00. The van der Waals surface area contributed by atoms with E-state index in [0.29, 0.717) is 37.5 Å². The van der Waals surface area contributed by atoms with Gasteiger partial charge in [0.2, 0.25) is 10.0 Å². The van der Waals surface area contributed by atoms with E-state index in [-0.39, 0.29) is 4.90 Å². The van der Waals surface area contributed by atoms with Crippen molar-refractivity contribution < 1.29 is 17.9 Å². The first-order chi connectivity index (χ1) is 12.5. The topological polar surface area (TPSA) is 83.5 Å². The first kappa shape index (κ1) is 18.4. The minimum absolute atomic E-state index is 0.0691. The second-order valence-corrected chi connectivity index (χ2v) is 7.38. The fourth-order valence-electron chi connectivity index (χ4n) is 2.89. The summed E-state index contributed by atoms with van der Waals surface area (Å²) >= 11 is 0. The Balaban J connectivity index is 1.83. The summed E-state index contributed by atoms with van der Waals surface area (Å²) in [6.45, 7) is 3.75. The van der Waals surface area contributed by atoms with E-state index >= 15 is 0 Å². The third-order valence-corrected chi connectivity index (χ3v) is 4.95. The lowest BCUT2D eigenvalue weighted by molar-refractivity contribution is 0.114. The van der Waals surface area contributed by atoms with Crippen molar-refractivity contribution in [2.45, 2.75) is 25.0 Å². The van der Waals surface area contributed by atoms with E-state index in [4.69, 9.17) is 14.6 Å². The normalized spacial score (nSPS) is 11.8. The maximum atomic E-state index is 12.0. The number of aromatic nitrogens is 1. The number of rotatable bonds is 8. The molecule has 3 aromatic rings. The van der Waals surface area contributed by atoms with Gasteiger partial charge in [-0.05, 0) is 24.6 Å². The summed E-state index contributed by atoms with van der Waals surface area (Å²) in [7, 11) is -3.86. The molecule has 0 spiro atoms. The number of primary sulfonamides is 1. The number of nitrogens with zero attached hydrogens (tertiary/aromatic N) is 1. The molecular formula is C19H22N2O4S. The van der Waals surface area contributed by atoms with Crippen LogP contribution in [0.4, 0.5) is 0 Å². The van der Waals surface area contributed by atoms with E-state index in [9.17, 15) is 8.42 Å². The summed E-state index contributed by atoms with van der Waals surface area (Å²) in [5, 5.41) is 5.92. The van der Waals surface area contributed by atoms with Crippen molar-refractivity contribution >= 4 is 20.9 Å². The molecule has 2 aromatic carbocycles. The van der Waals surface area contributed by atoms with Gasteiger partial charge in [-0.15, -0.1) is 0 Å². The molecule has 2 N–H and O–H groups in total. The van der Waals surface area contributed by atoms with Gasteiger partial charge in [-0.3, -0.25) is 0 Å². The van der Waals surface area contributed by atoms with Crippen molar-refractivity contribution in [3.8, 4) is 5.75 Å². The quantitative estimate of drug-likeness (QED) is 0.615. The summed E-state index contributed by atoms with van der Waals surface area (Å²) in [6.07, 6.45) is 1.55. The molecule has 0 fully saturated rings. The summed E-state index contributed by atoms with van der Waals surface area (Å²) in [5.41, 5.74) is 1.84. The van der Waals surface area contributed by atoms with Crippen LogP contribution in [0, 0.1) is 0 Å². The van der Waals surface area contributed by atoms with Crippen LogP contribution in [0.5, 0.6) is 5.75 Å². The van der Waals surface area contributed by atoms with Crippen molar-refractivity contribution in [2.24, 2.45) is 5.14 Å². The molecule has 26 heavy (non-hydrogen) atoms. The van der Waals surface area contributed by atoms with Crippen molar-refractivity contribution in [1.82, 2.24) is 4.57 Å². The largest absolute Gasteiger partial charge is 0.493 e. The van der Waals surface area contributed by atoms with Gasteiger partial charge in [-0.1, -0.05) is 36.4 Å². The van der Waals surface area contributed by atoms with Gasteiger partial charge in [0.15, 0.2) is 0 Å². The Morgan fingerprint density at radius 3 is 2.54 bits per heavy atom. The molecule has 138 valence electrons. The zero-order valence-electron chi connectivity index (χ0n) is 14.6. The summed E-state index contributed by atoms with van der Waals surface area (Å²) in [4.78, 5) is 0.0691. The van der Waals surface area contributed by atoms with E-state index in [0.717, 1.165) is 11.1 Å². The summed E-state index contributed by atoms with van der Waals surface area (Å²) in [5.74, 6) is 0.512. The predicted octanol–water partition coefficient (Wildman–Crippen LogP) is 2.90. The first-order valence-corrected chi connectivity index (χ1v) is 9.94. The monoisotopic (exact) mass is 374 g/mol. The van der Waals surface area contributed by atoms with Crippen LogP contribution in [0.25, 0.3) is 10.9 Å². The summed E-state index contributed by atoms with van der Waals surface area (Å²) < 4.78 is 37.2. The molecule has 0 saturated heterocycles. The second kappa shape index (κ2) is 7.90. The number of ether oxygens (including phenoxy) is 2. The second-order valence-electron chi connectivity index (χ2n) is 5.85. The van der Waals surface area contributed by atoms with E-state index in [2.05, 4.69) is 0 Å². The molecule has 0 atom stereocenters. The average molecular weight is 374 g/mol. The Kier molecular flexibility index (Phi) is 5.61. The highest BCUT2D eigenvalue weighted by atomic mass is 32.2. The molecule has 1 heterocycles. The third kappa shape index (κ3) is 4.07. The van der Waals surface area contributed by atoms with Gasteiger partial charge in [0.1, 0.15) is 10.6 Å². The maximum absolute atomic E-state index is 12.0. The van der Waals surface area contributed by atoms with Gasteiger partial charge in [-0.25, -0.2) is 13.6 Å². The van der Waals surface area contributed by atoms with Gasteiger partial charge in [0.05, 0.1) is 30.7 Å². The van der Waals surface area contributed by atoms with Crippen LogP contribution in [0.15, 0.2) is 59.6 Å². The van der Waals surface area contributed by atoms with Crippen molar-refractivity contribution in [1.29, 1.82) is 0 Å². The number of hydrogen-bond donors (Lipinski definition) is 1. The van der Waals surface area contributed by atoms with Gasteiger partial charge in [0, 0.05) is 12.7 Å². The highest BCUT2D eigenvalue weighted by molar-refractivity contribution is 7.89. The lowest BCUT2D eigenvalue weighted by atomic mass is 10.2. The molecule has 0 radical (unpaired) electrons. The highest BCUT2D eigenvalue weighted by Crippen LogP contribution is 2.33. The van der Waals surface area contributed by atoms with E-state index < -0.39 is 10.0 Å². The number of benzene rings is 2. The van der Waals surface area contributed by atoms with Gasteiger partial charge in [0.25, 0.3) is 0 Å². The predicted molar refractivity (Wildman–Crippen MR) is 101 cm³/mol. The van der Waals surface area contributed by atoms with Gasteiger partial charge < -0.3 is 14.0 Å². The maximum Gasteiger partial charge on any atom is 0.240 e. The van der Waals surface area contributed by atoms with E-state index in [1.165, 1.54) is 0 Å². The fraction of sp³-hybridized carbons (Fsp3) is 0.263. The fourth-order valence-corrected chi connectivity index (χ4v) is 3.65. The Morgan fingerprint density at radius 2 is 1.85 bits per heavy atom. The highest BCUT2D eigenvalue weighted by Gasteiger charge is 2.20. The number of nitrogens with two attached hydrogens (primary N) is 1. The minimum atomic E-state index is -3.86. The molecule has 0 aliphatic heterocycles. The van der Waals surface area contributed by atoms with Crippen LogP contribution in [0.1, 0.15) is 12.5 Å². The number of hydrogen-bond acceptors (Lipinski definition) is 4. The molecule has 0 aliphatic carbocycles. The van der Waals surface area contributed by atoms with Crippen LogP contribution >= 0.6 is 0 Å². The zero-order valence-corrected chi connectivity index (χ0v) is 15.4. The smallest absolute Gasteiger partial charge is 0.240 e. The third-order valence-electron chi connectivity index (χ3n) is 4.03. The van der Waals surface area contributed by atoms with Crippen LogP contribution in [-0.2, 0) is 27.9 Å². The van der Waals surface area contributed by atoms with Crippen LogP contribution in [-0.4, -0.2) is 26.2 Å². The molecule has 6 nitrogen and oxygen atoms in total. The van der Waals surface area contributed by atoms with Crippen LogP contribution < -0.4 is 9.88 Å². The van der Waals surface area contributed by atoms with Crippen LogP contribution in [0.3, 0.4) is 0 Å². The molecule has 0 unspecified atom stereocenters. The molecule has 1 aromatic heterocycles. The Bertz CT molecular complexity index is 981. The van der Waals surface area contributed by atoms with Gasteiger partial charge in [-0.2, -0.15) is 0 Å². The zero-order chi connectivity index (χ0) is 18.6. The summed E-state index contributed by atoms with van der Waals surface area (Å²) in [6, 6.07) is 15.3. The standard InChI is InChI=1S/C19H22N2O4S/c1-2-25-17-10-6-9-16-19(17)18(26(20,22)23)13-21(16)11-12-24-14-15-7-4-3-5-8-15/h3-10,13H,2,11-12,14H2,1H3,(H2,20,22,23). The van der Waals surface area contributed by atoms with Gasteiger partial charge >= 0.3 is 0 Å². The Hall–Kier alpha value is -2.35. The molecule has 0 amide bonds. The van der Waals surface area contributed by atoms with Crippen molar-refractivity contribution in [3.05, 3.63) is 60.3 Å². The number of sulfonamides is 1. The molecule has 7 heteroatoms. The number of fused-ring (bicyclic) bond motifs is 1. The van der Waals surface area contributed by atoms with Crippen molar-refractivity contribution in [3.63, 3.8) is 0 Å². The van der Waals surface area contributed by atoms with Crippen LogP contribution in [0.2, 0.25) is 0 Å². The minimum Gasteiger partial charge on any atom is -0.493 e. The Labute approximate surface area is 153 Å². The van der Waals surface area contributed by atoms with E-state index in [1.807, 2.05) is 54.0 Å². The molecule has 0 aliphatic rings. The lowest BCUT2D eigenvalue weighted by Crippen LogP contribution is -2.12. The SMILES string of the molecule is CCOc1cccc2c1c(S(N)(=O)=O)cn2CCOCc1ccccc1. The molecular weight excluding hydrogens is 352 g/mol. The molecule has 0 saturated carbocycles.